The summed E-state index contributed by atoms with van der Waals surface area (Å²) in [5, 5.41) is 4.03. The van der Waals surface area contributed by atoms with Gasteiger partial charge in [0.2, 0.25) is 0 Å². The first-order valence-corrected chi connectivity index (χ1v) is 6.34. The van der Waals surface area contributed by atoms with Crippen molar-refractivity contribution in [2.75, 3.05) is 11.5 Å². The van der Waals surface area contributed by atoms with Gasteiger partial charge in [0.25, 0.3) is 0 Å². The van der Waals surface area contributed by atoms with Gasteiger partial charge in [0.15, 0.2) is 0 Å². The molecule has 0 bridgehead atoms. The summed E-state index contributed by atoms with van der Waals surface area (Å²) in [6.07, 6.45) is 1.57. The molecule has 0 saturated heterocycles. The number of nitrogens with zero attached hydrogens (tertiary/aromatic N) is 3. The van der Waals surface area contributed by atoms with E-state index in [-0.39, 0.29) is 21.6 Å². The maximum atomic E-state index is 5.28. The molecule has 5 heteroatoms. The zero-order chi connectivity index (χ0) is 8.10. The van der Waals surface area contributed by atoms with E-state index in [0.29, 0.717) is 0 Å². The van der Waals surface area contributed by atoms with Crippen LogP contribution in [-0.4, -0.2) is 26.3 Å². The Hall–Kier alpha value is -0.170. The molecule has 0 saturated carbocycles. The summed E-state index contributed by atoms with van der Waals surface area (Å²) < 4.78 is 7.13. The molecule has 0 N–H and O–H groups in total. The second-order valence-electron chi connectivity index (χ2n) is 2.00. The third-order valence-electron chi connectivity index (χ3n) is 1.30. The van der Waals surface area contributed by atoms with E-state index in [0.717, 1.165) is 19.0 Å². The van der Waals surface area contributed by atoms with Gasteiger partial charge in [0, 0.05) is 0 Å². The van der Waals surface area contributed by atoms with Gasteiger partial charge in [-0.15, -0.1) is 0 Å². The molecule has 1 rings (SSSR count). The molecule has 0 fully saturated rings. The predicted molar refractivity (Wildman–Crippen MR) is 36.6 cm³/mol. The van der Waals surface area contributed by atoms with Crippen molar-refractivity contribution in [3.63, 3.8) is 0 Å². The molecule has 11 heavy (non-hydrogen) atoms. The first kappa shape index (κ1) is 8.92. The number of hydrogen-bond donors (Lipinski definition) is 0. The third kappa shape index (κ3) is 2.74. The van der Waals surface area contributed by atoms with Gasteiger partial charge in [-0.05, 0) is 0 Å². The number of hydrogen-bond acceptors (Lipinski definition) is 3. The molecule has 1 heterocycles. The molecule has 0 aliphatic rings. The van der Waals surface area contributed by atoms with Gasteiger partial charge in [-0.3, -0.25) is 0 Å². The Kier molecular flexibility index (Phi) is 3.78. The van der Waals surface area contributed by atoms with Gasteiger partial charge in [-0.25, -0.2) is 0 Å². The van der Waals surface area contributed by atoms with Gasteiger partial charge in [0.1, 0.15) is 0 Å². The minimum absolute atomic E-state index is 0.0477. The SMILES string of the molecule is C[I-]OCCn1ncnc1C. The summed E-state index contributed by atoms with van der Waals surface area (Å²) in [6, 6.07) is 0. The van der Waals surface area contributed by atoms with Crippen LogP contribution in [0.2, 0.25) is 0 Å². The molecular weight excluding hydrogens is 257 g/mol. The van der Waals surface area contributed by atoms with Gasteiger partial charge in [-0.1, -0.05) is 0 Å². The first-order chi connectivity index (χ1) is 5.34. The molecule has 64 valence electrons. The van der Waals surface area contributed by atoms with Crippen LogP contribution in [0.4, 0.5) is 0 Å². The van der Waals surface area contributed by atoms with Crippen LogP contribution >= 0.6 is 0 Å². The Morgan fingerprint density at radius 3 is 3.09 bits per heavy atom. The van der Waals surface area contributed by atoms with E-state index in [1.807, 2.05) is 11.6 Å². The molecule has 4 nitrogen and oxygen atoms in total. The molecule has 0 radical (unpaired) electrons. The van der Waals surface area contributed by atoms with Crippen LogP contribution in [0.15, 0.2) is 6.33 Å². The van der Waals surface area contributed by atoms with Crippen LogP contribution in [0.25, 0.3) is 0 Å². The normalized spacial score (nSPS) is 10.7. The predicted octanol–water partition coefficient (Wildman–Crippen LogP) is -2.76. The molecule has 1 aromatic rings. The molecule has 0 amide bonds. The summed E-state index contributed by atoms with van der Waals surface area (Å²) in [5.74, 6) is 0.947. The molecule has 0 aromatic carbocycles. The Bertz CT molecular complexity index is 213. The van der Waals surface area contributed by atoms with Crippen molar-refractivity contribution in [1.82, 2.24) is 14.8 Å². The van der Waals surface area contributed by atoms with E-state index in [1.165, 1.54) is 0 Å². The van der Waals surface area contributed by atoms with Crippen molar-refractivity contribution in [3.05, 3.63) is 12.2 Å². The van der Waals surface area contributed by atoms with Crippen LogP contribution in [0.3, 0.4) is 0 Å². The monoisotopic (exact) mass is 268 g/mol. The van der Waals surface area contributed by atoms with E-state index < -0.39 is 0 Å². The van der Waals surface area contributed by atoms with Crippen molar-refractivity contribution >= 4 is 0 Å². The van der Waals surface area contributed by atoms with Gasteiger partial charge < -0.3 is 0 Å². The van der Waals surface area contributed by atoms with E-state index in [1.54, 1.807) is 6.33 Å². The molecule has 0 aliphatic carbocycles. The van der Waals surface area contributed by atoms with Crippen molar-refractivity contribution in [1.29, 1.82) is 0 Å². The topological polar surface area (TPSA) is 39.9 Å². The second-order valence-corrected chi connectivity index (χ2v) is 3.50. The van der Waals surface area contributed by atoms with Crippen molar-refractivity contribution in [2.24, 2.45) is 0 Å². The Balaban J connectivity index is 2.32. The summed E-state index contributed by atoms with van der Waals surface area (Å²) in [6.45, 7) is 3.52. The average molecular weight is 268 g/mol. The maximum absolute atomic E-state index is 5.28. The zero-order valence-corrected chi connectivity index (χ0v) is 8.78. The van der Waals surface area contributed by atoms with E-state index in [4.69, 9.17) is 3.07 Å². The average Bonchev–Trinajstić information content (AvgIpc) is 2.37. The quantitative estimate of drug-likeness (QED) is 0.337. The number of halogens is 1. The van der Waals surface area contributed by atoms with Crippen LogP contribution in [0.1, 0.15) is 5.82 Å². The minimum atomic E-state index is -0.0477. The molecule has 0 spiro atoms. The van der Waals surface area contributed by atoms with Gasteiger partial charge in [-0.2, -0.15) is 0 Å². The molecule has 0 aliphatic heterocycles. The number of alkyl halides is 1. The molecule has 0 unspecified atom stereocenters. The Morgan fingerprint density at radius 1 is 1.73 bits per heavy atom. The van der Waals surface area contributed by atoms with E-state index >= 15 is 0 Å². The van der Waals surface area contributed by atoms with Crippen LogP contribution in [-0.2, 0) is 9.61 Å². The van der Waals surface area contributed by atoms with E-state index in [9.17, 15) is 0 Å². The second kappa shape index (κ2) is 4.66. The van der Waals surface area contributed by atoms with Gasteiger partial charge in [0.05, 0.1) is 0 Å². The van der Waals surface area contributed by atoms with Gasteiger partial charge >= 0.3 is 76.6 Å². The first-order valence-electron chi connectivity index (χ1n) is 3.30. The van der Waals surface area contributed by atoms with Crippen LogP contribution in [0, 0.1) is 6.92 Å². The van der Waals surface area contributed by atoms with Crippen molar-refractivity contribution in [3.8, 4) is 0 Å². The summed E-state index contributed by atoms with van der Waals surface area (Å²) in [4.78, 5) is 6.09. The third-order valence-corrected chi connectivity index (χ3v) is 2.36. The fourth-order valence-electron chi connectivity index (χ4n) is 0.740. The fraction of sp³-hybridized carbons (Fsp3) is 0.667. The van der Waals surface area contributed by atoms with Crippen molar-refractivity contribution in [2.45, 2.75) is 13.5 Å². The Labute approximate surface area is 76.8 Å². The standard InChI is InChI=1S/C6H11IN3O/c1-6-8-5-9-10(6)3-4-11-7-2/h5H,3-4H2,1-2H3/q-1. The van der Waals surface area contributed by atoms with Crippen LogP contribution in [0.5, 0.6) is 0 Å². The summed E-state index contributed by atoms with van der Waals surface area (Å²) in [7, 11) is 0. The summed E-state index contributed by atoms with van der Waals surface area (Å²) >= 11 is -0.0477. The van der Waals surface area contributed by atoms with Crippen molar-refractivity contribution < 1.29 is 24.7 Å². The zero-order valence-electron chi connectivity index (χ0n) is 6.62. The number of aromatic nitrogens is 3. The molecule has 1 aromatic heterocycles. The van der Waals surface area contributed by atoms with E-state index in [2.05, 4.69) is 15.0 Å². The number of aryl methyl sites for hydroxylation is 1. The Morgan fingerprint density at radius 2 is 2.55 bits per heavy atom. The number of rotatable bonds is 4. The molecular formula is C6H11IN3O-. The molecule has 0 atom stereocenters. The fourth-order valence-corrected chi connectivity index (χ4v) is 1.38. The van der Waals surface area contributed by atoms with Crippen LogP contribution < -0.4 is 21.6 Å². The summed E-state index contributed by atoms with van der Waals surface area (Å²) in [5.41, 5.74) is 0.